The third-order valence-corrected chi connectivity index (χ3v) is 9.78. The summed E-state index contributed by atoms with van der Waals surface area (Å²) in [5, 5.41) is 3.90. The van der Waals surface area contributed by atoms with Crippen LogP contribution in [0, 0.1) is 13.8 Å². The summed E-state index contributed by atoms with van der Waals surface area (Å²) in [6.45, 7) is 3.20. The van der Waals surface area contributed by atoms with Crippen LogP contribution in [0.1, 0.15) is 54.4 Å². The minimum Gasteiger partial charge on any atom is -0.352 e. The molecule has 0 saturated heterocycles. The minimum atomic E-state index is -3.86. The van der Waals surface area contributed by atoms with Gasteiger partial charge in [0.1, 0.15) is 12.6 Å². The Kier molecular flexibility index (Phi) is 11.2. The number of halogens is 2. The van der Waals surface area contributed by atoms with Gasteiger partial charge in [-0.3, -0.25) is 13.9 Å². The lowest BCUT2D eigenvalue weighted by Crippen LogP contribution is -2.55. The number of anilines is 1. The zero-order valence-electron chi connectivity index (χ0n) is 24.9. The van der Waals surface area contributed by atoms with Crippen molar-refractivity contribution in [3.05, 3.63) is 99.0 Å². The van der Waals surface area contributed by atoms with Gasteiger partial charge in [0.25, 0.3) is 0 Å². The maximum atomic E-state index is 14.4. The standard InChI is InChI=1S/C33H39Cl2N3O4S/c1-23-11-10-12-24(2)32(23)38(43(3,41)42)22-31(39)37(21-26-17-18-28(34)29(35)19-26)30(20-25-13-6-4-7-14-25)33(40)36-27-15-8-5-9-16-27/h4,6-7,10-14,17-19,27,30H,5,8-9,15-16,20-22H2,1-3H3,(H,36,40)/t30-/m1/s1. The molecular weight excluding hydrogens is 605 g/mol. The van der Waals surface area contributed by atoms with E-state index in [1.165, 1.54) is 4.90 Å². The van der Waals surface area contributed by atoms with Crippen molar-refractivity contribution in [2.75, 3.05) is 17.1 Å². The topological polar surface area (TPSA) is 86.8 Å². The van der Waals surface area contributed by atoms with Gasteiger partial charge in [-0.25, -0.2) is 8.42 Å². The Morgan fingerprint density at radius 2 is 1.53 bits per heavy atom. The normalized spacial score (nSPS) is 14.6. The molecule has 1 fully saturated rings. The van der Waals surface area contributed by atoms with Crippen molar-refractivity contribution in [1.29, 1.82) is 0 Å². The van der Waals surface area contributed by atoms with Crippen molar-refractivity contribution in [2.24, 2.45) is 0 Å². The fourth-order valence-electron chi connectivity index (χ4n) is 5.71. The smallest absolute Gasteiger partial charge is 0.244 e. The molecule has 1 aliphatic carbocycles. The summed E-state index contributed by atoms with van der Waals surface area (Å²) in [6, 6.07) is 19.2. The van der Waals surface area contributed by atoms with Crippen LogP contribution in [0.3, 0.4) is 0 Å². The van der Waals surface area contributed by atoms with E-state index in [0.29, 0.717) is 21.3 Å². The van der Waals surface area contributed by atoms with Crippen LogP contribution in [-0.2, 0) is 32.6 Å². The second-order valence-corrected chi connectivity index (χ2v) is 14.1. The number of amides is 2. The zero-order valence-corrected chi connectivity index (χ0v) is 27.2. The van der Waals surface area contributed by atoms with Crippen LogP contribution in [-0.4, -0.2) is 50.0 Å². The quantitative estimate of drug-likeness (QED) is 0.260. The average molecular weight is 645 g/mol. The van der Waals surface area contributed by atoms with Crippen molar-refractivity contribution in [3.8, 4) is 0 Å². The van der Waals surface area contributed by atoms with Gasteiger partial charge >= 0.3 is 0 Å². The molecule has 7 nitrogen and oxygen atoms in total. The number of carbonyl (C=O) groups excluding carboxylic acids is 2. The molecule has 0 aromatic heterocycles. The van der Waals surface area contributed by atoms with E-state index in [-0.39, 0.29) is 24.9 Å². The molecule has 3 aromatic carbocycles. The summed E-state index contributed by atoms with van der Waals surface area (Å²) in [5.74, 6) is -0.763. The van der Waals surface area contributed by atoms with Gasteiger partial charge in [0.05, 0.1) is 22.0 Å². The van der Waals surface area contributed by atoms with Crippen LogP contribution in [0.15, 0.2) is 66.7 Å². The molecule has 4 rings (SSSR count). The van der Waals surface area contributed by atoms with Crippen LogP contribution in [0.25, 0.3) is 0 Å². The lowest BCUT2D eigenvalue weighted by molar-refractivity contribution is -0.140. The van der Waals surface area contributed by atoms with E-state index in [1.807, 2.05) is 62.4 Å². The molecular formula is C33H39Cl2N3O4S. The number of benzene rings is 3. The van der Waals surface area contributed by atoms with Crippen LogP contribution in [0.4, 0.5) is 5.69 Å². The van der Waals surface area contributed by atoms with Gasteiger partial charge in [0.15, 0.2) is 0 Å². The maximum Gasteiger partial charge on any atom is 0.244 e. The molecule has 230 valence electrons. The lowest BCUT2D eigenvalue weighted by Gasteiger charge is -2.35. The van der Waals surface area contributed by atoms with E-state index in [1.54, 1.807) is 18.2 Å². The highest BCUT2D eigenvalue weighted by atomic mass is 35.5. The molecule has 10 heteroatoms. The number of para-hydroxylation sites is 1. The van der Waals surface area contributed by atoms with E-state index in [4.69, 9.17) is 23.2 Å². The first-order chi connectivity index (χ1) is 20.4. The fourth-order valence-corrected chi connectivity index (χ4v) is 6.99. The number of sulfonamides is 1. The largest absolute Gasteiger partial charge is 0.352 e. The highest BCUT2D eigenvalue weighted by molar-refractivity contribution is 7.92. The Labute approximate surface area is 265 Å². The highest BCUT2D eigenvalue weighted by Gasteiger charge is 2.34. The molecule has 43 heavy (non-hydrogen) atoms. The van der Waals surface area contributed by atoms with E-state index in [2.05, 4.69) is 5.32 Å². The first kappa shape index (κ1) is 32.8. The van der Waals surface area contributed by atoms with Crippen molar-refractivity contribution < 1.29 is 18.0 Å². The van der Waals surface area contributed by atoms with Gasteiger partial charge in [-0.05, 0) is 61.1 Å². The Morgan fingerprint density at radius 3 is 2.14 bits per heavy atom. The van der Waals surface area contributed by atoms with Gasteiger partial charge in [-0.15, -0.1) is 0 Å². The number of aryl methyl sites for hydroxylation is 2. The van der Waals surface area contributed by atoms with Gasteiger partial charge in [0.2, 0.25) is 21.8 Å². The van der Waals surface area contributed by atoms with Crippen LogP contribution in [0.2, 0.25) is 10.0 Å². The summed E-state index contributed by atoms with van der Waals surface area (Å²) >= 11 is 12.5. The van der Waals surface area contributed by atoms with Crippen molar-refractivity contribution in [1.82, 2.24) is 10.2 Å². The lowest BCUT2D eigenvalue weighted by atomic mass is 9.94. The molecule has 0 aliphatic heterocycles. The summed E-state index contributed by atoms with van der Waals surface area (Å²) in [6.07, 6.45) is 6.35. The molecule has 1 N–H and O–H groups in total. The second-order valence-electron chi connectivity index (χ2n) is 11.3. The van der Waals surface area contributed by atoms with Gasteiger partial charge in [0, 0.05) is 19.0 Å². The Morgan fingerprint density at radius 1 is 0.884 bits per heavy atom. The predicted molar refractivity (Wildman–Crippen MR) is 174 cm³/mol. The molecule has 3 aromatic rings. The van der Waals surface area contributed by atoms with Crippen molar-refractivity contribution in [3.63, 3.8) is 0 Å². The van der Waals surface area contributed by atoms with E-state index >= 15 is 0 Å². The monoisotopic (exact) mass is 643 g/mol. The molecule has 0 spiro atoms. The third kappa shape index (κ3) is 8.74. The Balaban J connectivity index is 1.76. The van der Waals surface area contributed by atoms with E-state index in [0.717, 1.165) is 59.4 Å². The Hall–Kier alpha value is -3.07. The van der Waals surface area contributed by atoms with E-state index < -0.39 is 28.5 Å². The third-order valence-electron chi connectivity index (χ3n) is 7.93. The molecule has 2 amide bonds. The predicted octanol–water partition coefficient (Wildman–Crippen LogP) is 6.47. The molecule has 1 aliphatic rings. The van der Waals surface area contributed by atoms with E-state index in [9.17, 15) is 18.0 Å². The highest BCUT2D eigenvalue weighted by Crippen LogP contribution is 2.28. The van der Waals surface area contributed by atoms with Crippen molar-refractivity contribution >= 4 is 50.7 Å². The van der Waals surface area contributed by atoms with Gasteiger partial charge in [-0.1, -0.05) is 97.1 Å². The van der Waals surface area contributed by atoms with Gasteiger partial charge in [-0.2, -0.15) is 0 Å². The number of hydrogen-bond donors (Lipinski definition) is 1. The summed E-state index contributed by atoms with van der Waals surface area (Å²) in [7, 11) is -3.86. The molecule has 0 unspecified atom stereocenters. The number of nitrogens with zero attached hydrogens (tertiary/aromatic N) is 2. The zero-order chi connectivity index (χ0) is 31.1. The van der Waals surface area contributed by atoms with Crippen LogP contribution < -0.4 is 9.62 Å². The number of carbonyl (C=O) groups is 2. The first-order valence-electron chi connectivity index (χ1n) is 14.6. The minimum absolute atomic E-state index is 0.0311. The van der Waals surface area contributed by atoms with Gasteiger partial charge < -0.3 is 10.2 Å². The first-order valence-corrected chi connectivity index (χ1v) is 17.2. The number of rotatable bonds is 11. The maximum absolute atomic E-state index is 14.4. The number of nitrogens with one attached hydrogen (secondary N) is 1. The average Bonchev–Trinajstić information content (AvgIpc) is 2.96. The second kappa shape index (κ2) is 14.6. The SMILES string of the molecule is Cc1cccc(C)c1N(CC(=O)N(Cc1ccc(Cl)c(Cl)c1)[C@H](Cc1ccccc1)C(=O)NC1CCCCC1)S(C)(=O)=O. The Bertz CT molecular complexity index is 1520. The van der Waals surface area contributed by atoms with Crippen molar-refractivity contribution in [2.45, 2.75) is 71.0 Å². The van der Waals surface area contributed by atoms with Crippen LogP contribution >= 0.6 is 23.2 Å². The van der Waals surface area contributed by atoms with Crippen LogP contribution in [0.5, 0.6) is 0 Å². The summed E-state index contributed by atoms with van der Waals surface area (Å²) < 4.78 is 27.4. The molecule has 0 heterocycles. The fraction of sp³-hybridized carbons (Fsp3) is 0.394. The summed E-state index contributed by atoms with van der Waals surface area (Å²) in [4.78, 5) is 29.9. The summed E-state index contributed by atoms with van der Waals surface area (Å²) in [5.41, 5.74) is 3.46. The molecule has 0 radical (unpaired) electrons. The molecule has 0 bridgehead atoms. The molecule has 1 atom stereocenters. The molecule has 1 saturated carbocycles. The number of hydrogen-bond acceptors (Lipinski definition) is 4.